The number of thiophene rings is 1. The van der Waals surface area contributed by atoms with Crippen molar-refractivity contribution in [1.82, 2.24) is 10.9 Å². The summed E-state index contributed by atoms with van der Waals surface area (Å²) in [6.45, 7) is 0. The quantitative estimate of drug-likeness (QED) is 0.426. The van der Waals surface area contributed by atoms with Gasteiger partial charge in [-0.05, 0) is 41.5 Å². The van der Waals surface area contributed by atoms with Gasteiger partial charge in [-0.3, -0.25) is 20.4 Å². The summed E-state index contributed by atoms with van der Waals surface area (Å²) in [6.07, 6.45) is 0. The molecule has 1 heterocycles. The van der Waals surface area contributed by atoms with Crippen molar-refractivity contribution in [3.63, 3.8) is 0 Å². The topological polar surface area (TPSA) is 67.4 Å². The molecule has 7 heteroatoms. The Morgan fingerprint density at radius 2 is 1.53 bits per heavy atom. The lowest BCUT2D eigenvalue weighted by molar-refractivity contribution is 0.0849. The smallest absolute Gasteiger partial charge is 0.281 e. The van der Waals surface area contributed by atoms with Crippen LogP contribution in [-0.4, -0.2) is 18.9 Å². The average molecular weight is 437 g/mol. The summed E-state index contributed by atoms with van der Waals surface area (Å²) in [5.74, 6) is -0.212. The molecule has 2 amide bonds. The molecule has 1 aromatic heterocycles. The molecule has 0 atom stereocenters. The molecule has 4 aromatic rings. The number of rotatable bonds is 4. The van der Waals surface area contributed by atoms with Gasteiger partial charge in [0.15, 0.2) is 0 Å². The van der Waals surface area contributed by atoms with E-state index < -0.39 is 11.8 Å². The number of benzene rings is 3. The number of fused-ring (bicyclic) bond motifs is 1. The summed E-state index contributed by atoms with van der Waals surface area (Å²) in [6, 6.07) is 22.4. The van der Waals surface area contributed by atoms with Crippen LogP contribution in [0.4, 0.5) is 0 Å². The lowest BCUT2D eigenvalue weighted by atomic mass is 10.0. The Bertz CT molecular complexity index is 1220. The van der Waals surface area contributed by atoms with E-state index in [0.29, 0.717) is 21.2 Å². The Labute approximate surface area is 182 Å². The van der Waals surface area contributed by atoms with Crippen LogP contribution in [0.2, 0.25) is 5.02 Å². The van der Waals surface area contributed by atoms with Crippen LogP contribution < -0.4 is 15.6 Å². The fourth-order valence-corrected chi connectivity index (χ4v) is 4.45. The molecule has 0 fully saturated rings. The third-order valence-corrected chi connectivity index (χ3v) is 6.24. The zero-order valence-electron chi connectivity index (χ0n) is 15.9. The Balaban J connectivity index is 1.44. The Kier molecular flexibility index (Phi) is 5.70. The van der Waals surface area contributed by atoms with Gasteiger partial charge in [0.1, 0.15) is 10.6 Å². The summed E-state index contributed by atoms with van der Waals surface area (Å²) in [5.41, 5.74) is 7.37. The van der Waals surface area contributed by atoms with Crippen LogP contribution in [0.15, 0.2) is 72.8 Å². The van der Waals surface area contributed by atoms with E-state index in [0.717, 1.165) is 21.2 Å². The summed E-state index contributed by atoms with van der Waals surface area (Å²) in [5, 5.41) is 1.10. The predicted molar refractivity (Wildman–Crippen MR) is 120 cm³/mol. The normalized spacial score (nSPS) is 10.6. The first kappa shape index (κ1) is 19.9. The van der Waals surface area contributed by atoms with Gasteiger partial charge in [0.2, 0.25) is 0 Å². The predicted octanol–water partition coefficient (Wildman–Crippen LogP) is 5.31. The minimum absolute atomic E-state index is 0.319. The van der Waals surface area contributed by atoms with Crippen molar-refractivity contribution in [2.75, 3.05) is 7.11 Å². The summed E-state index contributed by atoms with van der Waals surface area (Å²) in [7, 11) is 1.58. The van der Waals surface area contributed by atoms with Crippen molar-refractivity contribution in [2.24, 2.45) is 0 Å². The van der Waals surface area contributed by atoms with Crippen LogP contribution in [0.3, 0.4) is 0 Å². The molecule has 0 spiro atoms. The molecule has 0 aliphatic carbocycles. The van der Waals surface area contributed by atoms with Crippen molar-refractivity contribution >= 4 is 44.8 Å². The Morgan fingerprint density at radius 3 is 2.23 bits per heavy atom. The standard InChI is InChI=1S/C23H17ClN2O3S/c1-29-17-11-12-18-19(13-17)30-21(20(18)24)23(28)26-25-22(27)16-9-7-15(8-10-16)14-5-3-2-4-6-14/h2-13H,1H3,(H,25,27)(H,26,28). The molecular weight excluding hydrogens is 420 g/mol. The molecule has 3 aromatic carbocycles. The van der Waals surface area contributed by atoms with Crippen LogP contribution in [-0.2, 0) is 0 Å². The minimum Gasteiger partial charge on any atom is -0.497 e. The molecule has 4 rings (SSSR count). The third-order valence-electron chi connectivity index (χ3n) is 4.59. The fraction of sp³-hybridized carbons (Fsp3) is 0.0435. The second-order valence-electron chi connectivity index (χ2n) is 6.46. The minimum atomic E-state index is -0.477. The van der Waals surface area contributed by atoms with Crippen LogP contribution in [0.25, 0.3) is 21.2 Å². The van der Waals surface area contributed by atoms with Crippen molar-refractivity contribution in [1.29, 1.82) is 0 Å². The van der Waals surface area contributed by atoms with Crippen LogP contribution in [0.5, 0.6) is 5.75 Å². The maximum atomic E-state index is 12.5. The van der Waals surface area contributed by atoms with E-state index >= 15 is 0 Å². The molecule has 0 aliphatic rings. The molecule has 5 nitrogen and oxygen atoms in total. The van der Waals surface area contributed by atoms with E-state index in [2.05, 4.69) is 10.9 Å². The number of methoxy groups -OCH3 is 1. The molecule has 0 saturated heterocycles. The number of ether oxygens (including phenoxy) is 1. The van der Waals surface area contributed by atoms with E-state index in [4.69, 9.17) is 16.3 Å². The first-order chi connectivity index (χ1) is 14.6. The zero-order chi connectivity index (χ0) is 21.1. The maximum absolute atomic E-state index is 12.5. The van der Waals surface area contributed by atoms with Gasteiger partial charge in [-0.1, -0.05) is 54.1 Å². The van der Waals surface area contributed by atoms with E-state index in [9.17, 15) is 9.59 Å². The number of carbonyl (C=O) groups is 2. The number of hydrogen-bond acceptors (Lipinski definition) is 4. The molecule has 2 N–H and O–H groups in total. The third kappa shape index (κ3) is 4.01. The Hall–Kier alpha value is -3.35. The highest BCUT2D eigenvalue weighted by molar-refractivity contribution is 7.21. The van der Waals surface area contributed by atoms with E-state index in [1.165, 1.54) is 11.3 Å². The van der Waals surface area contributed by atoms with Gasteiger partial charge < -0.3 is 4.74 Å². The van der Waals surface area contributed by atoms with Gasteiger partial charge in [-0.25, -0.2) is 0 Å². The van der Waals surface area contributed by atoms with Gasteiger partial charge >= 0.3 is 0 Å². The number of halogens is 1. The lowest BCUT2D eigenvalue weighted by Crippen LogP contribution is -2.41. The number of amides is 2. The molecule has 0 unspecified atom stereocenters. The summed E-state index contributed by atoms with van der Waals surface area (Å²) >= 11 is 7.58. The number of carbonyl (C=O) groups excluding carboxylic acids is 2. The van der Waals surface area contributed by atoms with E-state index in [-0.39, 0.29) is 0 Å². The lowest BCUT2D eigenvalue weighted by Gasteiger charge is -2.07. The van der Waals surface area contributed by atoms with Crippen LogP contribution in [0.1, 0.15) is 20.0 Å². The molecule has 0 saturated carbocycles. The first-order valence-electron chi connectivity index (χ1n) is 9.09. The van der Waals surface area contributed by atoms with Crippen molar-refractivity contribution in [3.05, 3.63) is 88.3 Å². The number of hydrazine groups is 1. The summed E-state index contributed by atoms with van der Waals surface area (Å²) < 4.78 is 6.03. The number of hydrogen-bond donors (Lipinski definition) is 2. The molecule has 0 radical (unpaired) electrons. The van der Waals surface area contributed by atoms with Crippen molar-refractivity contribution in [3.8, 4) is 16.9 Å². The second-order valence-corrected chi connectivity index (χ2v) is 7.89. The molecular formula is C23H17ClN2O3S. The highest BCUT2D eigenvalue weighted by atomic mass is 35.5. The monoisotopic (exact) mass is 436 g/mol. The SMILES string of the molecule is COc1ccc2c(Cl)c(C(=O)NNC(=O)c3ccc(-c4ccccc4)cc3)sc2c1. The van der Waals surface area contributed by atoms with Crippen molar-refractivity contribution in [2.45, 2.75) is 0 Å². The fourth-order valence-electron chi connectivity index (χ4n) is 3.01. The highest BCUT2D eigenvalue weighted by Crippen LogP contribution is 2.37. The summed E-state index contributed by atoms with van der Waals surface area (Å²) in [4.78, 5) is 25.2. The Morgan fingerprint density at radius 1 is 0.867 bits per heavy atom. The largest absolute Gasteiger partial charge is 0.497 e. The molecule has 150 valence electrons. The maximum Gasteiger partial charge on any atom is 0.281 e. The van der Waals surface area contributed by atoms with Gasteiger partial charge in [-0.2, -0.15) is 0 Å². The van der Waals surface area contributed by atoms with Gasteiger partial charge in [0.05, 0.1) is 12.1 Å². The van der Waals surface area contributed by atoms with Crippen molar-refractivity contribution < 1.29 is 14.3 Å². The van der Waals surface area contributed by atoms with E-state index in [1.54, 1.807) is 31.4 Å². The van der Waals surface area contributed by atoms with Crippen LogP contribution >= 0.6 is 22.9 Å². The first-order valence-corrected chi connectivity index (χ1v) is 10.3. The number of nitrogens with one attached hydrogen (secondary N) is 2. The zero-order valence-corrected chi connectivity index (χ0v) is 17.5. The molecule has 0 bridgehead atoms. The van der Waals surface area contributed by atoms with Gasteiger partial charge in [0.25, 0.3) is 11.8 Å². The van der Waals surface area contributed by atoms with Gasteiger partial charge in [0, 0.05) is 15.6 Å². The molecule has 30 heavy (non-hydrogen) atoms. The second kappa shape index (κ2) is 8.57. The highest BCUT2D eigenvalue weighted by Gasteiger charge is 2.18. The van der Waals surface area contributed by atoms with Crippen LogP contribution in [0, 0.1) is 0 Å². The average Bonchev–Trinajstić information content (AvgIpc) is 3.13. The molecule has 0 aliphatic heterocycles. The van der Waals surface area contributed by atoms with Gasteiger partial charge in [-0.15, -0.1) is 11.3 Å². The van der Waals surface area contributed by atoms with E-state index in [1.807, 2.05) is 48.5 Å².